The van der Waals surface area contributed by atoms with Gasteiger partial charge in [-0.15, -0.1) is 0 Å². The Morgan fingerprint density at radius 1 is 1.04 bits per heavy atom. The van der Waals surface area contributed by atoms with E-state index < -0.39 is 0 Å². The number of ketones is 1. The summed E-state index contributed by atoms with van der Waals surface area (Å²) in [5.41, 5.74) is 2.43. The number of nitrogens with zero attached hydrogens (tertiary/aromatic N) is 1. The largest absolute Gasteiger partial charge is 0.496 e. The number of ether oxygens (including phenoxy) is 3. The van der Waals surface area contributed by atoms with Gasteiger partial charge in [-0.1, -0.05) is 0 Å². The molecular weight excluding hydrogens is 320 g/mol. The van der Waals surface area contributed by atoms with E-state index in [2.05, 4.69) is 11.4 Å². The van der Waals surface area contributed by atoms with Crippen molar-refractivity contribution in [2.24, 2.45) is 0 Å². The minimum Gasteiger partial charge on any atom is -0.496 e. The maximum absolute atomic E-state index is 11.6. The van der Waals surface area contributed by atoms with Crippen molar-refractivity contribution in [3.05, 3.63) is 47.0 Å². The van der Waals surface area contributed by atoms with Gasteiger partial charge in [0.15, 0.2) is 17.3 Å². The van der Waals surface area contributed by atoms with Crippen LogP contribution >= 0.6 is 0 Å². The van der Waals surface area contributed by atoms with Crippen LogP contribution in [0.5, 0.6) is 17.2 Å². The fourth-order valence-corrected chi connectivity index (χ4v) is 2.43. The van der Waals surface area contributed by atoms with Crippen molar-refractivity contribution in [2.45, 2.75) is 13.5 Å². The van der Waals surface area contributed by atoms with Gasteiger partial charge in [0.25, 0.3) is 0 Å². The van der Waals surface area contributed by atoms with Crippen LogP contribution in [0.3, 0.4) is 0 Å². The number of carbonyl (C=O) groups excluding carboxylic acids is 1. The summed E-state index contributed by atoms with van der Waals surface area (Å²) >= 11 is 0. The Bertz CT molecular complexity index is 825. The summed E-state index contributed by atoms with van der Waals surface area (Å²) in [7, 11) is 4.69. The highest BCUT2D eigenvalue weighted by Crippen LogP contribution is 2.35. The average Bonchev–Trinajstić information content (AvgIpc) is 2.64. The van der Waals surface area contributed by atoms with E-state index in [4.69, 9.17) is 14.2 Å². The summed E-state index contributed by atoms with van der Waals surface area (Å²) in [5.74, 6) is 1.72. The van der Waals surface area contributed by atoms with Gasteiger partial charge in [-0.2, -0.15) is 5.26 Å². The van der Waals surface area contributed by atoms with Crippen LogP contribution in [0.15, 0.2) is 30.3 Å². The second kappa shape index (κ2) is 8.06. The molecule has 0 aliphatic carbocycles. The zero-order valence-electron chi connectivity index (χ0n) is 14.7. The molecule has 0 amide bonds. The Balaban J connectivity index is 2.34. The summed E-state index contributed by atoms with van der Waals surface area (Å²) in [5, 5.41) is 12.4. The van der Waals surface area contributed by atoms with Crippen LogP contribution in [0, 0.1) is 11.3 Å². The first-order valence-corrected chi connectivity index (χ1v) is 7.61. The summed E-state index contributed by atoms with van der Waals surface area (Å²) in [6, 6.07) is 10.6. The van der Waals surface area contributed by atoms with E-state index in [1.54, 1.807) is 45.6 Å². The lowest BCUT2D eigenvalue weighted by atomic mass is 10.1. The molecule has 0 aliphatic rings. The molecule has 130 valence electrons. The van der Waals surface area contributed by atoms with Crippen LogP contribution in [-0.2, 0) is 6.54 Å². The molecule has 0 atom stereocenters. The molecular formula is C19H20N2O4. The van der Waals surface area contributed by atoms with Crippen molar-refractivity contribution in [3.8, 4) is 23.3 Å². The number of rotatable bonds is 7. The third-order valence-electron chi connectivity index (χ3n) is 3.80. The molecule has 2 aromatic carbocycles. The van der Waals surface area contributed by atoms with Crippen molar-refractivity contribution < 1.29 is 19.0 Å². The van der Waals surface area contributed by atoms with Crippen LogP contribution < -0.4 is 19.5 Å². The molecule has 6 nitrogen and oxygen atoms in total. The van der Waals surface area contributed by atoms with Crippen LogP contribution in [0.4, 0.5) is 5.69 Å². The SMILES string of the molecule is COc1cc(OC)c(OC)cc1CNc1cc(C(C)=O)ccc1C#N. The fraction of sp³-hybridized carbons (Fsp3) is 0.263. The number of benzene rings is 2. The summed E-state index contributed by atoms with van der Waals surface area (Å²) in [6.07, 6.45) is 0. The van der Waals surface area contributed by atoms with Crippen molar-refractivity contribution in [3.63, 3.8) is 0 Å². The molecule has 0 aromatic heterocycles. The Labute approximate surface area is 146 Å². The first kappa shape index (κ1) is 18.1. The normalized spacial score (nSPS) is 9.88. The monoisotopic (exact) mass is 340 g/mol. The predicted molar refractivity (Wildman–Crippen MR) is 94.6 cm³/mol. The maximum Gasteiger partial charge on any atom is 0.164 e. The average molecular weight is 340 g/mol. The van der Waals surface area contributed by atoms with Crippen LogP contribution in [0.2, 0.25) is 0 Å². The van der Waals surface area contributed by atoms with Gasteiger partial charge in [0.05, 0.1) is 32.6 Å². The third kappa shape index (κ3) is 4.01. The van der Waals surface area contributed by atoms with Crippen molar-refractivity contribution in [1.29, 1.82) is 5.26 Å². The van der Waals surface area contributed by atoms with Gasteiger partial charge >= 0.3 is 0 Å². The molecule has 6 heteroatoms. The number of hydrogen-bond acceptors (Lipinski definition) is 6. The van der Waals surface area contributed by atoms with Gasteiger partial charge in [-0.3, -0.25) is 4.79 Å². The predicted octanol–water partition coefficient (Wildman–Crippen LogP) is 3.40. The number of Topliss-reactive ketones (excluding diaryl/α,β-unsaturated/α-hetero) is 1. The van der Waals surface area contributed by atoms with Gasteiger partial charge in [0, 0.05) is 23.7 Å². The highest BCUT2D eigenvalue weighted by atomic mass is 16.5. The Morgan fingerprint density at radius 3 is 2.24 bits per heavy atom. The minimum absolute atomic E-state index is 0.0590. The number of nitrogens with one attached hydrogen (secondary N) is 1. The molecule has 0 unspecified atom stereocenters. The lowest BCUT2D eigenvalue weighted by Crippen LogP contribution is -2.05. The summed E-state index contributed by atoms with van der Waals surface area (Å²) in [4.78, 5) is 11.6. The molecule has 0 saturated heterocycles. The van der Waals surface area contributed by atoms with Gasteiger partial charge in [0.2, 0.25) is 0 Å². The molecule has 0 spiro atoms. The second-order valence-electron chi connectivity index (χ2n) is 5.30. The highest BCUT2D eigenvalue weighted by Gasteiger charge is 2.13. The summed E-state index contributed by atoms with van der Waals surface area (Å²) in [6.45, 7) is 1.88. The smallest absolute Gasteiger partial charge is 0.164 e. The number of hydrogen-bond donors (Lipinski definition) is 1. The van der Waals surface area contributed by atoms with Gasteiger partial charge in [-0.05, 0) is 31.2 Å². The van der Waals surface area contributed by atoms with E-state index >= 15 is 0 Å². The Hall–Kier alpha value is -3.20. The molecule has 0 heterocycles. The fourth-order valence-electron chi connectivity index (χ4n) is 2.43. The van der Waals surface area contributed by atoms with E-state index in [0.29, 0.717) is 40.6 Å². The van der Waals surface area contributed by atoms with Crippen molar-refractivity contribution in [2.75, 3.05) is 26.6 Å². The standard InChI is InChI=1S/C19H20N2O4/c1-12(22)13-5-6-14(10-20)16(7-13)21-11-15-8-18(24-3)19(25-4)9-17(15)23-2/h5-9,21H,11H2,1-4H3. The topological polar surface area (TPSA) is 80.6 Å². The van der Waals surface area contributed by atoms with Crippen molar-refractivity contribution >= 4 is 11.5 Å². The van der Waals surface area contributed by atoms with Crippen LogP contribution in [0.25, 0.3) is 0 Å². The summed E-state index contributed by atoms with van der Waals surface area (Å²) < 4.78 is 16.0. The van der Waals surface area contributed by atoms with E-state index in [-0.39, 0.29) is 5.78 Å². The van der Waals surface area contributed by atoms with Crippen molar-refractivity contribution in [1.82, 2.24) is 0 Å². The zero-order chi connectivity index (χ0) is 18.4. The molecule has 0 radical (unpaired) electrons. The molecule has 0 fully saturated rings. The first-order valence-electron chi connectivity index (χ1n) is 7.61. The molecule has 1 N–H and O–H groups in total. The molecule has 2 rings (SSSR count). The van der Waals surface area contributed by atoms with Crippen LogP contribution in [0.1, 0.15) is 28.4 Å². The Kier molecular flexibility index (Phi) is 5.85. The molecule has 0 saturated carbocycles. The van der Waals surface area contributed by atoms with E-state index in [1.165, 1.54) is 6.92 Å². The zero-order valence-corrected chi connectivity index (χ0v) is 14.7. The quantitative estimate of drug-likeness (QED) is 0.778. The second-order valence-corrected chi connectivity index (χ2v) is 5.30. The maximum atomic E-state index is 11.6. The third-order valence-corrected chi connectivity index (χ3v) is 3.80. The number of methoxy groups -OCH3 is 3. The molecule has 0 aliphatic heterocycles. The van der Waals surface area contributed by atoms with Crippen LogP contribution in [-0.4, -0.2) is 27.1 Å². The van der Waals surface area contributed by atoms with E-state index in [9.17, 15) is 10.1 Å². The lowest BCUT2D eigenvalue weighted by molar-refractivity contribution is 0.101. The van der Waals surface area contributed by atoms with Gasteiger partial charge < -0.3 is 19.5 Å². The van der Waals surface area contributed by atoms with Gasteiger partial charge in [0.1, 0.15) is 11.8 Å². The minimum atomic E-state index is -0.0590. The molecule has 0 bridgehead atoms. The highest BCUT2D eigenvalue weighted by molar-refractivity contribution is 5.95. The number of anilines is 1. The number of carbonyl (C=O) groups is 1. The molecule has 2 aromatic rings. The lowest BCUT2D eigenvalue weighted by Gasteiger charge is -2.15. The van der Waals surface area contributed by atoms with Gasteiger partial charge in [-0.25, -0.2) is 0 Å². The molecule has 25 heavy (non-hydrogen) atoms. The number of nitriles is 1. The first-order chi connectivity index (χ1) is 12.0. The van der Waals surface area contributed by atoms with E-state index in [0.717, 1.165) is 5.56 Å². The Morgan fingerprint density at radius 2 is 1.68 bits per heavy atom. The van der Waals surface area contributed by atoms with E-state index in [1.807, 2.05) is 6.07 Å².